The van der Waals surface area contributed by atoms with E-state index in [1.807, 2.05) is 0 Å². The van der Waals surface area contributed by atoms with Crippen molar-refractivity contribution >= 4 is 23.1 Å². The third-order valence-electron chi connectivity index (χ3n) is 2.13. The summed E-state index contributed by atoms with van der Waals surface area (Å²) in [6.07, 6.45) is 0. The van der Waals surface area contributed by atoms with Crippen molar-refractivity contribution in [3.8, 4) is 0 Å². The van der Waals surface area contributed by atoms with Crippen LogP contribution in [0, 0.1) is 6.92 Å². The van der Waals surface area contributed by atoms with Crippen molar-refractivity contribution in [3.05, 3.63) is 11.0 Å². The third kappa shape index (κ3) is 2.94. The van der Waals surface area contributed by atoms with Gasteiger partial charge in [-0.15, -0.1) is 0 Å². The van der Waals surface area contributed by atoms with Gasteiger partial charge in [0.25, 0.3) is 0 Å². The lowest BCUT2D eigenvalue weighted by Gasteiger charge is -2.23. The van der Waals surface area contributed by atoms with Crippen molar-refractivity contribution in [2.24, 2.45) is 0 Å². The molecular weight excluding hydrogens is 232 g/mol. The minimum Gasteiger partial charge on any atom is -0.395 e. The van der Waals surface area contributed by atoms with E-state index in [9.17, 15) is 0 Å². The molecule has 16 heavy (non-hydrogen) atoms. The van der Waals surface area contributed by atoms with Gasteiger partial charge in [-0.1, -0.05) is 0 Å². The molecule has 0 aliphatic carbocycles. The summed E-state index contributed by atoms with van der Waals surface area (Å²) in [5, 5.41) is 17.9. The Kier molecular flexibility index (Phi) is 4.72. The van der Waals surface area contributed by atoms with Crippen LogP contribution < -0.4 is 10.6 Å². The van der Waals surface area contributed by atoms with E-state index in [4.69, 9.17) is 27.5 Å². The van der Waals surface area contributed by atoms with Gasteiger partial charge in [-0.05, 0) is 18.5 Å². The Balaban J connectivity index is 3.07. The number of aliphatic hydroxyl groups is 2. The maximum Gasteiger partial charge on any atom is 0.224 e. The van der Waals surface area contributed by atoms with Crippen molar-refractivity contribution in [1.29, 1.82) is 0 Å². The van der Waals surface area contributed by atoms with Crippen LogP contribution in [0.15, 0.2) is 0 Å². The van der Waals surface area contributed by atoms with Crippen LogP contribution in [-0.4, -0.2) is 46.5 Å². The van der Waals surface area contributed by atoms with Gasteiger partial charge in [0.2, 0.25) is 5.28 Å². The topological polar surface area (TPSA) is 95.5 Å². The first kappa shape index (κ1) is 13.0. The van der Waals surface area contributed by atoms with Crippen molar-refractivity contribution in [2.45, 2.75) is 6.92 Å². The second-order valence-electron chi connectivity index (χ2n) is 3.25. The molecule has 7 heteroatoms. The summed E-state index contributed by atoms with van der Waals surface area (Å²) < 4.78 is 0. The number of hydrogen-bond acceptors (Lipinski definition) is 6. The van der Waals surface area contributed by atoms with Crippen molar-refractivity contribution < 1.29 is 10.2 Å². The number of anilines is 2. The van der Waals surface area contributed by atoms with Gasteiger partial charge in [0.1, 0.15) is 0 Å². The molecule has 0 radical (unpaired) electrons. The van der Waals surface area contributed by atoms with Gasteiger partial charge in [-0.25, -0.2) is 4.98 Å². The number of hydrogen-bond donors (Lipinski definition) is 3. The third-order valence-corrected chi connectivity index (χ3v) is 2.30. The van der Waals surface area contributed by atoms with Crippen LogP contribution in [-0.2, 0) is 0 Å². The lowest BCUT2D eigenvalue weighted by Crippen LogP contribution is -2.31. The van der Waals surface area contributed by atoms with Crippen LogP contribution in [0.25, 0.3) is 0 Å². The summed E-state index contributed by atoms with van der Waals surface area (Å²) in [5.74, 6) is 0.445. The number of nitrogen functional groups attached to an aromatic ring is 1. The fourth-order valence-electron chi connectivity index (χ4n) is 1.34. The van der Waals surface area contributed by atoms with E-state index in [2.05, 4.69) is 9.97 Å². The fourth-order valence-corrected chi connectivity index (χ4v) is 1.55. The van der Waals surface area contributed by atoms with Gasteiger partial charge in [0, 0.05) is 13.1 Å². The van der Waals surface area contributed by atoms with E-state index in [-0.39, 0.29) is 18.5 Å². The number of aryl methyl sites for hydroxylation is 1. The van der Waals surface area contributed by atoms with Crippen LogP contribution in [0.4, 0.5) is 11.5 Å². The number of nitrogens with zero attached hydrogens (tertiary/aromatic N) is 3. The van der Waals surface area contributed by atoms with E-state index < -0.39 is 0 Å². The van der Waals surface area contributed by atoms with Gasteiger partial charge in [0.15, 0.2) is 5.82 Å². The summed E-state index contributed by atoms with van der Waals surface area (Å²) in [5.41, 5.74) is 6.81. The smallest absolute Gasteiger partial charge is 0.224 e. The molecule has 1 heterocycles. The highest BCUT2D eigenvalue weighted by atomic mass is 35.5. The highest BCUT2D eigenvalue weighted by molar-refractivity contribution is 6.28. The number of nitrogens with two attached hydrogens (primary N) is 1. The predicted octanol–water partition coefficient (Wildman–Crippen LogP) is -0.188. The van der Waals surface area contributed by atoms with Gasteiger partial charge in [-0.3, -0.25) is 0 Å². The summed E-state index contributed by atoms with van der Waals surface area (Å²) in [6, 6.07) is 0. The van der Waals surface area contributed by atoms with Crippen LogP contribution >= 0.6 is 11.6 Å². The number of aliphatic hydroxyl groups excluding tert-OH is 2. The molecule has 1 aromatic rings. The minimum absolute atomic E-state index is 0.0554. The summed E-state index contributed by atoms with van der Waals surface area (Å²) in [4.78, 5) is 9.58. The Hall–Kier alpha value is -1.11. The molecule has 0 saturated heterocycles. The Morgan fingerprint density at radius 1 is 1.25 bits per heavy atom. The average Bonchev–Trinajstić information content (AvgIpc) is 2.23. The molecule has 1 aromatic heterocycles. The first-order valence-corrected chi connectivity index (χ1v) is 5.24. The maximum atomic E-state index is 8.91. The number of rotatable bonds is 5. The van der Waals surface area contributed by atoms with E-state index in [0.717, 1.165) is 0 Å². The lowest BCUT2D eigenvalue weighted by molar-refractivity contribution is 0.280. The van der Waals surface area contributed by atoms with Crippen LogP contribution in [0.5, 0.6) is 0 Å². The standard InChI is InChI=1S/C9H15ClN4O2/c1-6-7(11)8(13-9(10)12-6)14(2-4-15)3-5-16/h15-16H,2-5,11H2,1H3. The monoisotopic (exact) mass is 246 g/mol. The van der Waals surface area contributed by atoms with Crippen molar-refractivity contribution in [3.63, 3.8) is 0 Å². The lowest BCUT2D eigenvalue weighted by atomic mass is 10.3. The fraction of sp³-hybridized carbons (Fsp3) is 0.556. The summed E-state index contributed by atoms with van der Waals surface area (Å²) >= 11 is 5.74. The molecule has 0 atom stereocenters. The van der Waals surface area contributed by atoms with Crippen LogP contribution in [0.1, 0.15) is 5.69 Å². The molecule has 6 nitrogen and oxygen atoms in total. The van der Waals surface area contributed by atoms with E-state index >= 15 is 0 Å². The summed E-state index contributed by atoms with van der Waals surface area (Å²) in [6.45, 7) is 2.28. The zero-order valence-corrected chi connectivity index (χ0v) is 9.78. The van der Waals surface area contributed by atoms with E-state index in [0.29, 0.717) is 30.3 Å². The molecule has 0 amide bonds. The number of halogens is 1. The van der Waals surface area contributed by atoms with E-state index in [1.165, 1.54) is 0 Å². The normalized spacial score (nSPS) is 10.5. The van der Waals surface area contributed by atoms with Gasteiger partial charge >= 0.3 is 0 Å². The van der Waals surface area contributed by atoms with Gasteiger partial charge in [0.05, 0.1) is 24.6 Å². The largest absolute Gasteiger partial charge is 0.395 e. The molecule has 4 N–H and O–H groups in total. The Morgan fingerprint density at radius 2 is 1.81 bits per heavy atom. The Labute approximate surface area is 98.7 Å². The van der Waals surface area contributed by atoms with E-state index in [1.54, 1.807) is 11.8 Å². The van der Waals surface area contributed by atoms with Crippen molar-refractivity contribution in [2.75, 3.05) is 36.9 Å². The maximum absolute atomic E-state index is 8.91. The average molecular weight is 247 g/mol. The molecule has 1 rings (SSSR count). The summed E-state index contributed by atoms with van der Waals surface area (Å²) in [7, 11) is 0. The Morgan fingerprint density at radius 3 is 2.31 bits per heavy atom. The van der Waals surface area contributed by atoms with Gasteiger partial charge in [-0.2, -0.15) is 4.98 Å². The second kappa shape index (κ2) is 5.83. The molecule has 0 saturated carbocycles. The van der Waals surface area contributed by atoms with Crippen LogP contribution in [0.2, 0.25) is 5.28 Å². The molecule has 0 aliphatic rings. The zero-order chi connectivity index (χ0) is 12.1. The molecule has 0 bridgehead atoms. The molecule has 0 fully saturated rings. The first-order valence-electron chi connectivity index (χ1n) is 4.86. The second-order valence-corrected chi connectivity index (χ2v) is 3.59. The zero-order valence-electron chi connectivity index (χ0n) is 9.02. The molecule has 0 aromatic carbocycles. The first-order chi connectivity index (χ1) is 7.60. The van der Waals surface area contributed by atoms with Gasteiger partial charge < -0.3 is 20.8 Å². The number of aromatic nitrogens is 2. The Bertz CT molecular complexity index is 356. The molecule has 0 aliphatic heterocycles. The highest BCUT2D eigenvalue weighted by Crippen LogP contribution is 2.24. The minimum atomic E-state index is -0.0554. The highest BCUT2D eigenvalue weighted by Gasteiger charge is 2.14. The molecule has 0 spiro atoms. The van der Waals surface area contributed by atoms with Crippen LogP contribution in [0.3, 0.4) is 0 Å². The van der Waals surface area contributed by atoms with Crippen molar-refractivity contribution in [1.82, 2.24) is 9.97 Å². The quantitative estimate of drug-likeness (QED) is 0.624. The molecular formula is C9H15ClN4O2. The molecule has 0 unspecified atom stereocenters. The predicted molar refractivity (Wildman–Crippen MR) is 62.6 cm³/mol. The molecule has 90 valence electrons. The SMILES string of the molecule is Cc1nc(Cl)nc(N(CCO)CCO)c1N.